The topological polar surface area (TPSA) is 12.0 Å². The van der Waals surface area contributed by atoms with E-state index in [1.165, 1.54) is 30.4 Å². The van der Waals surface area contributed by atoms with Gasteiger partial charge in [-0.15, -0.1) is 0 Å². The Bertz CT molecular complexity index is 370. The van der Waals surface area contributed by atoms with Gasteiger partial charge in [0.1, 0.15) is 0 Å². The first-order valence-corrected chi connectivity index (χ1v) is 7.71. The van der Waals surface area contributed by atoms with E-state index >= 15 is 0 Å². The van der Waals surface area contributed by atoms with Gasteiger partial charge in [0.2, 0.25) is 0 Å². The molecule has 0 spiro atoms. The molecule has 1 unspecified atom stereocenters. The molecule has 108 valence electrons. The summed E-state index contributed by atoms with van der Waals surface area (Å²) < 4.78 is 0. The monoisotopic (exact) mass is 261 g/mol. The second-order valence-electron chi connectivity index (χ2n) is 6.75. The van der Waals surface area contributed by atoms with E-state index in [0.717, 1.165) is 19.0 Å². The zero-order valence-corrected chi connectivity index (χ0v) is 13.4. The first-order valence-electron chi connectivity index (χ1n) is 7.71. The second kappa shape index (κ2) is 7.69. The lowest BCUT2D eigenvalue weighted by atomic mass is 9.79. The van der Waals surface area contributed by atoms with Crippen LogP contribution in [0.5, 0.6) is 0 Å². The highest BCUT2D eigenvalue weighted by molar-refractivity contribution is 5.23. The molecule has 1 heteroatoms. The van der Waals surface area contributed by atoms with Gasteiger partial charge in [-0.3, -0.25) is 0 Å². The van der Waals surface area contributed by atoms with Gasteiger partial charge >= 0.3 is 0 Å². The van der Waals surface area contributed by atoms with Crippen LogP contribution in [0.2, 0.25) is 0 Å². The summed E-state index contributed by atoms with van der Waals surface area (Å²) in [5.74, 6) is 0.727. The minimum atomic E-state index is 0.372. The van der Waals surface area contributed by atoms with Crippen molar-refractivity contribution in [3.8, 4) is 0 Å². The third-order valence-electron chi connectivity index (χ3n) is 3.67. The summed E-state index contributed by atoms with van der Waals surface area (Å²) >= 11 is 0. The Kier molecular flexibility index (Phi) is 6.57. The number of rotatable bonds is 8. The van der Waals surface area contributed by atoms with Crippen LogP contribution in [0.25, 0.3) is 0 Å². The number of nitrogens with one attached hydrogen (secondary N) is 1. The zero-order chi connectivity index (χ0) is 14.3. The average molecular weight is 261 g/mol. The second-order valence-corrected chi connectivity index (χ2v) is 6.75. The van der Waals surface area contributed by atoms with Gasteiger partial charge in [0.25, 0.3) is 0 Å². The average Bonchev–Trinajstić information content (AvgIpc) is 2.28. The van der Waals surface area contributed by atoms with Gasteiger partial charge in [-0.25, -0.2) is 0 Å². The Labute approximate surface area is 119 Å². The molecule has 1 atom stereocenters. The van der Waals surface area contributed by atoms with Crippen LogP contribution in [0.15, 0.2) is 24.3 Å². The molecule has 1 aromatic rings. The van der Waals surface area contributed by atoms with Crippen molar-refractivity contribution in [2.75, 3.05) is 13.1 Å². The summed E-state index contributed by atoms with van der Waals surface area (Å²) in [5, 5.41) is 3.65. The van der Waals surface area contributed by atoms with Gasteiger partial charge in [-0.2, -0.15) is 0 Å². The summed E-state index contributed by atoms with van der Waals surface area (Å²) in [4.78, 5) is 0. The molecule has 1 N–H and O–H groups in total. The molecule has 1 aromatic carbocycles. The van der Waals surface area contributed by atoms with Crippen molar-refractivity contribution in [1.82, 2.24) is 5.32 Å². The molecule has 0 aliphatic carbocycles. The van der Waals surface area contributed by atoms with E-state index in [4.69, 9.17) is 0 Å². The number of aryl methyl sites for hydroxylation is 1. The molecule has 0 saturated heterocycles. The molecular formula is C18H31N. The van der Waals surface area contributed by atoms with E-state index in [-0.39, 0.29) is 0 Å². The van der Waals surface area contributed by atoms with Crippen LogP contribution >= 0.6 is 0 Å². The van der Waals surface area contributed by atoms with Crippen LogP contribution in [0, 0.1) is 18.3 Å². The largest absolute Gasteiger partial charge is 0.316 e. The standard InChI is InChI=1S/C18H31N/c1-6-10-18(5,14-19-13-15(2)3)12-17-9-7-8-16(4)11-17/h7-9,11,15,19H,6,10,12-14H2,1-5H3. The molecule has 1 nitrogen and oxygen atoms in total. The SMILES string of the molecule is CCCC(C)(CNCC(C)C)Cc1cccc(C)c1. The van der Waals surface area contributed by atoms with Gasteiger partial charge in [0, 0.05) is 6.54 Å². The Morgan fingerprint density at radius 3 is 2.58 bits per heavy atom. The van der Waals surface area contributed by atoms with Crippen LogP contribution in [0.3, 0.4) is 0 Å². The van der Waals surface area contributed by atoms with E-state index in [9.17, 15) is 0 Å². The van der Waals surface area contributed by atoms with Gasteiger partial charge in [0.15, 0.2) is 0 Å². The fourth-order valence-corrected chi connectivity index (χ4v) is 2.82. The molecule has 0 fully saturated rings. The van der Waals surface area contributed by atoms with E-state index < -0.39 is 0 Å². The minimum absolute atomic E-state index is 0.372. The smallest absolute Gasteiger partial charge is 0.000846 e. The molecule has 19 heavy (non-hydrogen) atoms. The van der Waals surface area contributed by atoms with Gasteiger partial charge < -0.3 is 5.32 Å². The third kappa shape index (κ3) is 6.24. The van der Waals surface area contributed by atoms with E-state index in [2.05, 4.69) is 64.2 Å². The third-order valence-corrected chi connectivity index (χ3v) is 3.67. The van der Waals surface area contributed by atoms with Crippen molar-refractivity contribution < 1.29 is 0 Å². The predicted octanol–water partition coefficient (Wildman–Crippen LogP) is 4.59. The van der Waals surface area contributed by atoms with Crippen LogP contribution in [-0.4, -0.2) is 13.1 Å². The highest BCUT2D eigenvalue weighted by atomic mass is 14.9. The predicted molar refractivity (Wildman–Crippen MR) is 85.6 cm³/mol. The lowest BCUT2D eigenvalue weighted by Crippen LogP contribution is -2.35. The summed E-state index contributed by atoms with van der Waals surface area (Å²) in [7, 11) is 0. The quantitative estimate of drug-likeness (QED) is 0.721. The molecule has 0 saturated carbocycles. The maximum atomic E-state index is 3.65. The molecule has 0 aliphatic heterocycles. The Morgan fingerprint density at radius 1 is 1.26 bits per heavy atom. The molecular weight excluding hydrogens is 230 g/mol. The maximum absolute atomic E-state index is 3.65. The summed E-state index contributed by atoms with van der Waals surface area (Å²) in [6.45, 7) is 13.7. The summed E-state index contributed by atoms with van der Waals surface area (Å²) in [6, 6.07) is 8.95. The minimum Gasteiger partial charge on any atom is -0.316 e. The molecule has 0 heterocycles. The highest BCUT2D eigenvalue weighted by Gasteiger charge is 2.23. The summed E-state index contributed by atoms with van der Waals surface area (Å²) in [6.07, 6.45) is 3.71. The van der Waals surface area contributed by atoms with Crippen LogP contribution in [0.4, 0.5) is 0 Å². The van der Waals surface area contributed by atoms with E-state index in [1.807, 2.05) is 0 Å². The van der Waals surface area contributed by atoms with Crippen molar-refractivity contribution in [3.63, 3.8) is 0 Å². The van der Waals surface area contributed by atoms with Crippen LogP contribution in [-0.2, 0) is 6.42 Å². The molecule has 0 amide bonds. The van der Waals surface area contributed by atoms with Crippen molar-refractivity contribution in [2.45, 2.75) is 53.9 Å². The van der Waals surface area contributed by atoms with Crippen molar-refractivity contribution in [3.05, 3.63) is 35.4 Å². The van der Waals surface area contributed by atoms with E-state index in [1.54, 1.807) is 0 Å². The van der Waals surface area contributed by atoms with Gasteiger partial charge in [-0.05, 0) is 43.2 Å². The first kappa shape index (κ1) is 16.2. The van der Waals surface area contributed by atoms with Crippen LogP contribution < -0.4 is 5.32 Å². The Balaban J connectivity index is 2.64. The normalized spacial score (nSPS) is 14.6. The number of hydrogen-bond acceptors (Lipinski definition) is 1. The lowest BCUT2D eigenvalue weighted by molar-refractivity contribution is 0.271. The molecule has 0 aliphatic rings. The fourth-order valence-electron chi connectivity index (χ4n) is 2.82. The number of hydrogen-bond donors (Lipinski definition) is 1. The van der Waals surface area contributed by atoms with Crippen molar-refractivity contribution in [1.29, 1.82) is 0 Å². The van der Waals surface area contributed by atoms with Crippen molar-refractivity contribution in [2.24, 2.45) is 11.3 Å². The fraction of sp³-hybridized carbons (Fsp3) is 0.667. The Morgan fingerprint density at radius 2 is 2.00 bits per heavy atom. The van der Waals surface area contributed by atoms with Crippen LogP contribution in [0.1, 0.15) is 51.7 Å². The molecule has 1 rings (SSSR count). The molecule has 0 radical (unpaired) electrons. The maximum Gasteiger partial charge on any atom is 0.000846 e. The number of benzene rings is 1. The highest BCUT2D eigenvalue weighted by Crippen LogP contribution is 2.28. The molecule has 0 aromatic heterocycles. The zero-order valence-electron chi connectivity index (χ0n) is 13.4. The Hall–Kier alpha value is -0.820. The lowest BCUT2D eigenvalue weighted by Gasteiger charge is -2.30. The van der Waals surface area contributed by atoms with Gasteiger partial charge in [0.05, 0.1) is 0 Å². The molecule has 0 bridgehead atoms. The van der Waals surface area contributed by atoms with Gasteiger partial charge in [-0.1, -0.05) is 63.9 Å². The summed E-state index contributed by atoms with van der Waals surface area (Å²) in [5.41, 5.74) is 3.21. The van der Waals surface area contributed by atoms with E-state index in [0.29, 0.717) is 5.41 Å². The first-order chi connectivity index (χ1) is 8.95. The van der Waals surface area contributed by atoms with Crippen molar-refractivity contribution >= 4 is 0 Å².